The first-order chi connectivity index (χ1) is 5.66. The minimum atomic E-state index is -0.0530. The van der Waals surface area contributed by atoms with Crippen molar-refractivity contribution in [2.45, 2.75) is 19.9 Å². The molecule has 0 radical (unpaired) electrons. The largest absolute Gasteiger partial charge is 0.394 e. The summed E-state index contributed by atoms with van der Waals surface area (Å²) in [7, 11) is 0. The van der Waals surface area contributed by atoms with E-state index < -0.39 is 0 Å². The lowest BCUT2D eigenvalue weighted by atomic mass is 10.0. The number of amides is 2. The SMILES string of the molecule is CC(C)[C@H](CO)N1CCNC1=O. The lowest BCUT2D eigenvalue weighted by Crippen LogP contribution is -2.43. The molecule has 1 aliphatic heterocycles. The lowest BCUT2D eigenvalue weighted by Gasteiger charge is -2.27. The molecule has 0 aliphatic carbocycles. The molecule has 4 heteroatoms. The number of nitrogens with one attached hydrogen (secondary N) is 1. The van der Waals surface area contributed by atoms with Crippen molar-refractivity contribution in [2.75, 3.05) is 19.7 Å². The first-order valence-electron chi connectivity index (χ1n) is 4.32. The average molecular weight is 172 g/mol. The highest BCUT2D eigenvalue weighted by molar-refractivity contribution is 5.76. The van der Waals surface area contributed by atoms with Gasteiger partial charge in [-0.3, -0.25) is 0 Å². The van der Waals surface area contributed by atoms with E-state index in [0.717, 1.165) is 0 Å². The quantitative estimate of drug-likeness (QED) is 0.631. The third-order valence-electron chi connectivity index (χ3n) is 2.25. The summed E-state index contributed by atoms with van der Waals surface area (Å²) in [4.78, 5) is 12.9. The fraction of sp³-hybridized carbons (Fsp3) is 0.875. The number of hydrogen-bond donors (Lipinski definition) is 2. The van der Waals surface area contributed by atoms with Gasteiger partial charge in [0.25, 0.3) is 0 Å². The molecule has 70 valence electrons. The van der Waals surface area contributed by atoms with E-state index in [2.05, 4.69) is 5.32 Å². The summed E-state index contributed by atoms with van der Waals surface area (Å²) in [6.07, 6.45) is 0. The number of rotatable bonds is 3. The Morgan fingerprint density at radius 1 is 1.67 bits per heavy atom. The Bertz CT molecular complexity index is 170. The summed E-state index contributed by atoms with van der Waals surface area (Å²) in [6, 6.07) is -0.0877. The van der Waals surface area contributed by atoms with Crippen LogP contribution < -0.4 is 5.32 Å². The Morgan fingerprint density at radius 3 is 2.67 bits per heavy atom. The molecule has 0 saturated carbocycles. The van der Waals surface area contributed by atoms with E-state index in [9.17, 15) is 4.79 Å². The number of nitrogens with zero attached hydrogens (tertiary/aromatic N) is 1. The molecule has 1 rings (SSSR count). The zero-order valence-electron chi connectivity index (χ0n) is 7.58. The summed E-state index contributed by atoms with van der Waals surface area (Å²) in [5.41, 5.74) is 0. The van der Waals surface area contributed by atoms with Crippen LogP contribution in [-0.2, 0) is 0 Å². The van der Waals surface area contributed by atoms with Gasteiger partial charge < -0.3 is 15.3 Å². The van der Waals surface area contributed by atoms with Crippen LogP contribution in [0.4, 0.5) is 4.79 Å². The van der Waals surface area contributed by atoms with Gasteiger partial charge in [0.1, 0.15) is 0 Å². The topological polar surface area (TPSA) is 52.6 Å². The van der Waals surface area contributed by atoms with Gasteiger partial charge in [-0.05, 0) is 5.92 Å². The third-order valence-corrected chi connectivity index (χ3v) is 2.25. The van der Waals surface area contributed by atoms with E-state index >= 15 is 0 Å². The highest BCUT2D eigenvalue weighted by Crippen LogP contribution is 2.12. The normalized spacial score (nSPS) is 20.0. The fourth-order valence-electron chi connectivity index (χ4n) is 1.47. The molecule has 0 bridgehead atoms. The molecule has 1 saturated heterocycles. The molecule has 0 spiro atoms. The Kier molecular flexibility index (Phi) is 2.92. The van der Waals surface area contributed by atoms with Crippen LogP contribution in [0.1, 0.15) is 13.8 Å². The summed E-state index contributed by atoms with van der Waals surface area (Å²) in [6.45, 7) is 5.47. The molecule has 0 unspecified atom stereocenters. The summed E-state index contributed by atoms with van der Waals surface area (Å²) in [5.74, 6) is 0.304. The van der Waals surface area contributed by atoms with E-state index in [0.29, 0.717) is 19.0 Å². The van der Waals surface area contributed by atoms with E-state index in [4.69, 9.17) is 5.11 Å². The van der Waals surface area contributed by atoms with Crippen LogP contribution in [-0.4, -0.2) is 41.8 Å². The van der Waals surface area contributed by atoms with Crippen LogP contribution in [0.3, 0.4) is 0 Å². The average Bonchev–Trinajstić information content (AvgIpc) is 2.38. The molecule has 0 aromatic carbocycles. The molecule has 2 amide bonds. The second-order valence-corrected chi connectivity index (χ2v) is 3.42. The van der Waals surface area contributed by atoms with Gasteiger partial charge in [0.05, 0.1) is 12.6 Å². The van der Waals surface area contributed by atoms with Gasteiger partial charge in [-0.2, -0.15) is 0 Å². The van der Waals surface area contributed by atoms with Crippen molar-refractivity contribution in [1.82, 2.24) is 10.2 Å². The van der Waals surface area contributed by atoms with E-state index in [1.54, 1.807) is 4.90 Å². The molecule has 2 N–H and O–H groups in total. The molecule has 1 heterocycles. The van der Waals surface area contributed by atoms with E-state index in [1.165, 1.54) is 0 Å². The Hall–Kier alpha value is -0.770. The summed E-state index contributed by atoms with van der Waals surface area (Å²) >= 11 is 0. The molecule has 0 aromatic rings. The molecular formula is C8H16N2O2. The predicted molar refractivity (Wildman–Crippen MR) is 45.8 cm³/mol. The molecule has 0 aromatic heterocycles. The Labute approximate surface area is 72.6 Å². The van der Waals surface area contributed by atoms with Gasteiger partial charge in [-0.25, -0.2) is 4.79 Å². The molecule has 1 fully saturated rings. The van der Waals surface area contributed by atoms with Crippen LogP contribution >= 0.6 is 0 Å². The van der Waals surface area contributed by atoms with Gasteiger partial charge in [0, 0.05) is 13.1 Å². The van der Waals surface area contributed by atoms with Crippen molar-refractivity contribution in [1.29, 1.82) is 0 Å². The van der Waals surface area contributed by atoms with Crippen molar-refractivity contribution in [3.8, 4) is 0 Å². The van der Waals surface area contributed by atoms with Gasteiger partial charge in [-0.1, -0.05) is 13.8 Å². The number of aliphatic hydroxyl groups excluding tert-OH is 1. The zero-order chi connectivity index (χ0) is 9.14. The second-order valence-electron chi connectivity index (χ2n) is 3.42. The predicted octanol–water partition coefficient (Wildman–Crippen LogP) is 0.0285. The van der Waals surface area contributed by atoms with Crippen molar-refractivity contribution in [2.24, 2.45) is 5.92 Å². The first kappa shape index (κ1) is 9.32. The highest BCUT2D eigenvalue weighted by atomic mass is 16.3. The standard InChI is InChI=1S/C8H16N2O2/c1-6(2)7(5-11)10-4-3-9-8(10)12/h6-7,11H,3-5H2,1-2H3,(H,9,12)/t7-/m0/s1. The molecular weight excluding hydrogens is 156 g/mol. The monoisotopic (exact) mass is 172 g/mol. The molecule has 1 atom stereocenters. The van der Waals surface area contributed by atoms with Gasteiger partial charge in [0.2, 0.25) is 0 Å². The van der Waals surface area contributed by atoms with E-state index in [-0.39, 0.29) is 18.7 Å². The maximum atomic E-state index is 11.2. The van der Waals surface area contributed by atoms with Crippen LogP contribution in [0.5, 0.6) is 0 Å². The summed E-state index contributed by atoms with van der Waals surface area (Å²) < 4.78 is 0. The number of hydrogen-bond acceptors (Lipinski definition) is 2. The van der Waals surface area contributed by atoms with Gasteiger partial charge in [-0.15, -0.1) is 0 Å². The number of urea groups is 1. The Balaban J connectivity index is 2.58. The fourth-order valence-corrected chi connectivity index (χ4v) is 1.47. The smallest absolute Gasteiger partial charge is 0.317 e. The molecule has 1 aliphatic rings. The minimum absolute atomic E-state index is 0.0347. The molecule has 12 heavy (non-hydrogen) atoms. The zero-order valence-corrected chi connectivity index (χ0v) is 7.58. The third kappa shape index (κ3) is 1.69. The van der Waals surface area contributed by atoms with Crippen molar-refractivity contribution >= 4 is 6.03 Å². The van der Waals surface area contributed by atoms with Crippen molar-refractivity contribution in [3.05, 3.63) is 0 Å². The Morgan fingerprint density at radius 2 is 2.33 bits per heavy atom. The van der Waals surface area contributed by atoms with Crippen molar-refractivity contribution in [3.63, 3.8) is 0 Å². The maximum absolute atomic E-state index is 11.2. The van der Waals surface area contributed by atoms with Gasteiger partial charge >= 0.3 is 6.03 Å². The van der Waals surface area contributed by atoms with Crippen LogP contribution in [0.15, 0.2) is 0 Å². The lowest BCUT2D eigenvalue weighted by molar-refractivity contribution is 0.125. The van der Waals surface area contributed by atoms with Crippen LogP contribution in [0.25, 0.3) is 0 Å². The minimum Gasteiger partial charge on any atom is -0.394 e. The van der Waals surface area contributed by atoms with E-state index in [1.807, 2.05) is 13.8 Å². The number of carbonyl (C=O) groups excluding carboxylic acids is 1. The maximum Gasteiger partial charge on any atom is 0.317 e. The second kappa shape index (κ2) is 3.76. The molecule has 4 nitrogen and oxygen atoms in total. The first-order valence-corrected chi connectivity index (χ1v) is 4.32. The summed E-state index contributed by atoms with van der Waals surface area (Å²) in [5, 5.41) is 11.8. The van der Waals surface area contributed by atoms with Gasteiger partial charge in [0.15, 0.2) is 0 Å². The highest BCUT2D eigenvalue weighted by Gasteiger charge is 2.28. The van der Waals surface area contributed by atoms with Crippen LogP contribution in [0, 0.1) is 5.92 Å². The van der Waals surface area contributed by atoms with Crippen LogP contribution in [0.2, 0.25) is 0 Å². The van der Waals surface area contributed by atoms with Crippen molar-refractivity contribution < 1.29 is 9.90 Å². The number of carbonyl (C=O) groups is 1. The number of aliphatic hydroxyl groups is 1.